The van der Waals surface area contributed by atoms with Gasteiger partial charge in [-0.25, -0.2) is 0 Å². The summed E-state index contributed by atoms with van der Waals surface area (Å²) < 4.78 is 16.4. The molecule has 6 nitrogen and oxygen atoms in total. The Morgan fingerprint density at radius 2 is 1.97 bits per heavy atom. The molecule has 0 N–H and O–H groups in total. The van der Waals surface area contributed by atoms with Gasteiger partial charge in [-0.05, 0) is 35.7 Å². The van der Waals surface area contributed by atoms with Gasteiger partial charge in [0.05, 0.1) is 20.3 Å². The summed E-state index contributed by atoms with van der Waals surface area (Å²) in [6.07, 6.45) is 0.306. The number of hydrogen-bond acceptors (Lipinski definition) is 5. The number of para-hydroxylation sites is 1. The van der Waals surface area contributed by atoms with Crippen LogP contribution in [0.25, 0.3) is 0 Å². The van der Waals surface area contributed by atoms with Gasteiger partial charge in [0, 0.05) is 44.9 Å². The van der Waals surface area contributed by atoms with Gasteiger partial charge in [-0.1, -0.05) is 30.3 Å². The monoisotopic (exact) mass is 410 g/mol. The molecule has 30 heavy (non-hydrogen) atoms. The Hall–Kier alpha value is -2.57. The first-order valence-corrected chi connectivity index (χ1v) is 10.4. The van der Waals surface area contributed by atoms with Crippen LogP contribution in [0.4, 0.5) is 5.69 Å². The predicted molar refractivity (Wildman–Crippen MR) is 116 cm³/mol. The molecule has 2 aromatic carbocycles. The van der Waals surface area contributed by atoms with Crippen molar-refractivity contribution in [3.63, 3.8) is 0 Å². The first kappa shape index (κ1) is 20.7. The van der Waals surface area contributed by atoms with E-state index in [9.17, 15) is 4.79 Å². The maximum absolute atomic E-state index is 12.9. The van der Waals surface area contributed by atoms with Crippen molar-refractivity contribution in [3.05, 3.63) is 59.7 Å². The molecule has 0 unspecified atom stereocenters. The van der Waals surface area contributed by atoms with E-state index in [4.69, 9.17) is 14.2 Å². The summed E-state index contributed by atoms with van der Waals surface area (Å²) in [5.74, 6) is 0.898. The lowest BCUT2D eigenvalue weighted by molar-refractivity contribution is -0.140. The van der Waals surface area contributed by atoms with Gasteiger partial charge in [-0.3, -0.25) is 4.79 Å². The molecule has 1 saturated heterocycles. The number of fused-ring (bicyclic) bond motifs is 2. The summed E-state index contributed by atoms with van der Waals surface area (Å²) in [6.45, 7) is 3.33. The van der Waals surface area contributed by atoms with Crippen molar-refractivity contribution in [1.82, 2.24) is 4.90 Å². The Morgan fingerprint density at radius 3 is 2.70 bits per heavy atom. The number of carbonyl (C=O) groups excluding carboxylic acids is 1. The number of ether oxygens (including phenoxy) is 3. The lowest BCUT2D eigenvalue weighted by atomic mass is 9.80. The lowest BCUT2D eigenvalue weighted by Crippen LogP contribution is -2.39. The van der Waals surface area contributed by atoms with E-state index < -0.39 is 6.10 Å². The van der Waals surface area contributed by atoms with Crippen molar-refractivity contribution < 1.29 is 19.0 Å². The van der Waals surface area contributed by atoms with Gasteiger partial charge in [0.2, 0.25) is 0 Å². The van der Waals surface area contributed by atoms with Gasteiger partial charge < -0.3 is 24.0 Å². The number of carbonyl (C=O) groups is 1. The smallest absolute Gasteiger partial charge is 0.251 e. The molecule has 0 radical (unpaired) electrons. The molecule has 0 bridgehead atoms. The van der Waals surface area contributed by atoms with Crippen LogP contribution in [0.1, 0.15) is 17.5 Å². The van der Waals surface area contributed by atoms with Crippen LogP contribution in [0.5, 0.6) is 5.75 Å². The van der Waals surface area contributed by atoms with Gasteiger partial charge in [0.25, 0.3) is 5.91 Å². The Labute approximate surface area is 178 Å². The van der Waals surface area contributed by atoms with Crippen molar-refractivity contribution >= 4 is 11.6 Å². The molecule has 6 heteroatoms. The van der Waals surface area contributed by atoms with E-state index in [1.807, 2.05) is 19.2 Å². The molecule has 2 aliphatic heterocycles. The Balaban J connectivity index is 1.51. The summed E-state index contributed by atoms with van der Waals surface area (Å²) in [6, 6.07) is 16.7. The average Bonchev–Trinajstić information content (AvgIpc) is 3.34. The minimum atomic E-state index is -0.402. The number of nitrogens with zero attached hydrogens (tertiary/aromatic N) is 2. The lowest BCUT2D eigenvalue weighted by Gasteiger charge is -2.25. The highest BCUT2D eigenvalue weighted by molar-refractivity contribution is 5.81. The zero-order chi connectivity index (χ0) is 21.1. The summed E-state index contributed by atoms with van der Waals surface area (Å²) in [5, 5.41) is 0. The third-order valence-electron chi connectivity index (χ3n) is 6.26. The molecule has 1 fully saturated rings. The Morgan fingerprint density at radius 1 is 1.20 bits per heavy atom. The highest BCUT2D eigenvalue weighted by Gasteiger charge is 2.50. The molecule has 0 saturated carbocycles. The van der Waals surface area contributed by atoms with Crippen LogP contribution < -0.4 is 9.64 Å². The largest absolute Gasteiger partial charge is 0.497 e. The third kappa shape index (κ3) is 3.89. The van der Waals surface area contributed by atoms with Gasteiger partial charge in [0.1, 0.15) is 11.9 Å². The van der Waals surface area contributed by atoms with Crippen molar-refractivity contribution in [3.8, 4) is 5.75 Å². The van der Waals surface area contributed by atoms with Gasteiger partial charge in [-0.2, -0.15) is 0 Å². The molecule has 0 aliphatic carbocycles. The maximum Gasteiger partial charge on any atom is 0.251 e. The van der Waals surface area contributed by atoms with Crippen LogP contribution in [0, 0.1) is 0 Å². The highest BCUT2D eigenvalue weighted by atomic mass is 16.5. The van der Waals surface area contributed by atoms with E-state index in [0.29, 0.717) is 26.2 Å². The van der Waals surface area contributed by atoms with E-state index in [1.54, 1.807) is 19.1 Å². The zero-order valence-electron chi connectivity index (χ0n) is 18.0. The van der Waals surface area contributed by atoms with E-state index in [0.717, 1.165) is 18.8 Å². The standard InChI is InChI=1S/C24H30N2O4/c1-25(12-13-28-2)23(27)22-14-24(17-30-22)16-26(21-7-5-4-6-20(21)24)15-18-8-10-19(29-3)11-9-18/h4-11,22H,12-17H2,1-3H3/t22-,24+/m1/s1. The minimum Gasteiger partial charge on any atom is -0.497 e. The second-order valence-electron chi connectivity index (χ2n) is 8.26. The normalized spacial score (nSPS) is 22.4. The molecule has 2 heterocycles. The Kier molecular flexibility index (Phi) is 5.97. The summed E-state index contributed by atoms with van der Waals surface area (Å²) >= 11 is 0. The van der Waals surface area contributed by atoms with Gasteiger partial charge in [-0.15, -0.1) is 0 Å². The fourth-order valence-corrected chi connectivity index (χ4v) is 4.60. The molecule has 1 spiro atoms. The van der Waals surface area contributed by atoms with Crippen LogP contribution in [0.3, 0.4) is 0 Å². The molecular formula is C24H30N2O4. The Bertz CT molecular complexity index is 885. The predicted octanol–water partition coefficient (Wildman–Crippen LogP) is 2.85. The summed E-state index contributed by atoms with van der Waals surface area (Å²) in [4.78, 5) is 17.0. The molecule has 4 rings (SSSR count). The van der Waals surface area contributed by atoms with Crippen LogP contribution in [-0.2, 0) is 26.2 Å². The number of benzene rings is 2. The first-order valence-electron chi connectivity index (χ1n) is 10.4. The number of methoxy groups -OCH3 is 2. The molecule has 2 aromatic rings. The second-order valence-corrected chi connectivity index (χ2v) is 8.26. The fraction of sp³-hybridized carbons (Fsp3) is 0.458. The SMILES string of the molecule is COCCN(C)C(=O)[C@H]1C[C@@]2(CO1)CN(Cc1ccc(OC)cc1)c1ccccc12. The zero-order valence-corrected chi connectivity index (χ0v) is 18.0. The summed E-state index contributed by atoms with van der Waals surface area (Å²) in [7, 11) is 5.14. The number of hydrogen-bond donors (Lipinski definition) is 0. The average molecular weight is 411 g/mol. The third-order valence-corrected chi connectivity index (χ3v) is 6.26. The number of likely N-dealkylation sites (N-methyl/N-ethyl adjacent to an activating group) is 1. The van der Waals surface area contributed by atoms with Crippen molar-refractivity contribution in [2.24, 2.45) is 0 Å². The van der Waals surface area contributed by atoms with Gasteiger partial charge in [0.15, 0.2) is 0 Å². The maximum atomic E-state index is 12.9. The van der Waals surface area contributed by atoms with E-state index in [1.165, 1.54) is 16.8 Å². The van der Waals surface area contributed by atoms with E-state index in [2.05, 4.69) is 41.3 Å². The van der Waals surface area contributed by atoms with Crippen molar-refractivity contribution in [2.45, 2.75) is 24.5 Å². The van der Waals surface area contributed by atoms with E-state index >= 15 is 0 Å². The summed E-state index contributed by atoms with van der Waals surface area (Å²) in [5.41, 5.74) is 3.60. The van der Waals surface area contributed by atoms with E-state index in [-0.39, 0.29) is 11.3 Å². The van der Waals surface area contributed by atoms with Crippen LogP contribution in [0.15, 0.2) is 48.5 Å². The molecule has 160 valence electrons. The molecular weight excluding hydrogens is 380 g/mol. The fourth-order valence-electron chi connectivity index (χ4n) is 4.60. The van der Waals surface area contributed by atoms with Gasteiger partial charge >= 0.3 is 0 Å². The number of anilines is 1. The molecule has 1 amide bonds. The molecule has 2 aliphatic rings. The van der Waals surface area contributed by atoms with Crippen molar-refractivity contribution in [1.29, 1.82) is 0 Å². The van der Waals surface area contributed by atoms with Crippen LogP contribution in [-0.4, -0.2) is 64.5 Å². The van der Waals surface area contributed by atoms with Crippen molar-refractivity contribution in [2.75, 3.05) is 52.5 Å². The first-order chi connectivity index (χ1) is 14.6. The molecule has 2 atom stereocenters. The topological polar surface area (TPSA) is 51.2 Å². The second kappa shape index (κ2) is 8.66. The highest BCUT2D eigenvalue weighted by Crippen LogP contribution is 2.47. The quantitative estimate of drug-likeness (QED) is 0.703. The van der Waals surface area contributed by atoms with Crippen LogP contribution >= 0.6 is 0 Å². The number of rotatable bonds is 7. The van der Waals surface area contributed by atoms with Crippen LogP contribution in [0.2, 0.25) is 0 Å². The molecule has 0 aromatic heterocycles. The number of amides is 1. The minimum absolute atomic E-state index is 0.0370.